The number of hydrogen-bond acceptors (Lipinski definition) is 2. The minimum absolute atomic E-state index is 0.322. The number of benzene rings is 1. The first-order valence-corrected chi connectivity index (χ1v) is 3.62. The van der Waals surface area contributed by atoms with Crippen LogP contribution in [0.3, 0.4) is 0 Å². The minimum Gasteiger partial charge on any atom is -0.235 e. The molecule has 0 fully saturated rings. The Balaban J connectivity index is 2.80. The predicted octanol–water partition coefficient (Wildman–Crippen LogP) is 2.37. The van der Waals surface area contributed by atoms with Gasteiger partial charge in [-0.1, -0.05) is 18.2 Å². The van der Waals surface area contributed by atoms with Gasteiger partial charge >= 0.3 is 6.55 Å². The molecule has 0 saturated heterocycles. The summed E-state index contributed by atoms with van der Waals surface area (Å²) in [7, 11) is 0. The van der Waals surface area contributed by atoms with Crippen LogP contribution in [0.5, 0.6) is 0 Å². The van der Waals surface area contributed by atoms with Crippen LogP contribution in [0, 0.1) is 0 Å². The standard InChI is InChI=1S/C7H7ClF2N2/c8-11-12(7(9)10)6-4-2-1-3-5-6/h1-5,7,11H. The lowest BCUT2D eigenvalue weighted by atomic mass is 10.3. The van der Waals surface area contributed by atoms with Crippen molar-refractivity contribution in [3.8, 4) is 0 Å². The number of hydrazine groups is 1. The maximum atomic E-state index is 12.2. The highest BCUT2D eigenvalue weighted by atomic mass is 35.5. The van der Waals surface area contributed by atoms with Crippen LogP contribution in [-0.2, 0) is 0 Å². The molecule has 0 spiro atoms. The van der Waals surface area contributed by atoms with Crippen LogP contribution in [0.2, 0.25) is 0 Å². The van der Waals surface area contributed by atoms with Crippen LogP contribution in [0.1, 0.15) is 0 Å². The van der Waals surface area contributed by atoms with E-state index in [0.29, 0.717) is 10.7 Å². The third-order valence-corrected chi connectivity index (χ3v) is 1.50. The number of anilines is 1. The topological polar surface area (TPSA) is 15.3 Å². The van der Waals surface area contributed by atoms with Gasteiger partial charge in [0.1, 0.15) is 0 Å². The third kappa shape index (κ3) is 2.06. The number of alkyl halides is 2. The van der Waals surface area contributed by atoms with Crippen LogP contribution in [0.4, 0.5) is 14.5 Å². The summed E-state index contributed by atoms with van der Waals surface area (Å²) in [6.07, 6.45) is 0. The quantitative estimate of drug-likeness (QED) is 0.449. The summed E-state index contributed by atoms with van der Waals surface area (Å²) in [5.74, 6) is 0. The molecule has 0 radical (unpaired) electrons. The van der Waals surface area contributed by atoms with E-state index in [1.54, 1.807) is 18.2 Å². The van der Waals surface area contributed by atoms with Gasteiger partial charge in [0.15, 0.2) is 0 Å². The largest absolute Gasteiger partial charge is 0.329 e. The highest BCUT2D eigenvalue weighted by Gasteiger charge is 2.14. The number of rotatable bonds is 3. The average molecular weight is 193 g/mol. The molecule has 12 heavy (non-hydrogen) atoms. The minimum atomic E-state index is -2.66. The van der Waals surface area contributed by atoms with Gasteiger partial charge in [0, 0.05) is 0 Å². The summed E-state index contributed by atoms with van der Waals surface area (Å²) >= 11 is 5.09. The highest BCUT2D eigenvalue weighted by molar-refractivity contribution is 6.14. The molecule has 0 saturated carbocycles. The van der Waals surface area contributed by atoms with Crippen LogP contribution < -0.4 is 9.95 Å². The first-order chi connectivity index (χ1) is 5.75. The molecular formula is C7H7ClF2N2. The molecule has 1 aromatic carbocycles. The Hall–Kier alpha value is -0.870. The maximum absolute atomic E-state index is 12.2. The highest BCUT2D eigenvalue weighted by Crippen LogP contribution is 2.15. The number of halogens is 3. The average Bonchev–Trinajstić information content (AvgIpc) is 2.07. The van der Waals surface area contributed by atoms with Crippen LogP contribution in [0.15, 0.2) is 30.3 Å². The molecule has 2 nitrogen and oxygen atoms in total. The molecular weight excluding hydrogens is 186 g/mol. The summed E-state index contributed by atoms with van der Waals surface area (Å²) in [4.78, 5) is 1.87. The van der Waals surface area contributed by atoms with Crippen molar-refractivity contribution >= 4 is 17.5 Å². The van der Waals surface area contributed by atoms with Crippen molar-refractivity contribution in [2.24, 2.45) is 0 Å². The Morgan fingerprint density at radius 1 is 1.25 bits per heavy atom. The SMILES string of the molecule is FC(F)N(NCl)c1ccccc1. The van der Waals surface area contributed by atoms with Gasteiger partial charge in [-0.25, -0.2) is 5.01 Å². The van der Waals surface area contributed by atoms with Crippen LogP contribution in [-0.4, -0.2) is 6.55 Å². The van der Waals surface area contributed by atoms with E-state index in [1.165, 1.54) is 12.1 Å². The summed E-state index contributed by atoms with van der Waals surface area (Å²) in [5.41, 5.74) is 0.322. The number of nitrogens with zero attached hydrogens (tertiary/aromatic N) is 1. The second-order valence-electron chi connectivity index (χ2n) is 2.07. The molecule has 0 heterocycles. The molecule has 66 valence electrons. The van der Waals surface area contributed by atoms with E-state index in [0.717, 1.165) is 0 Å². The first-order valence-electron chi connectivity index (χ1n) is 3.24. The molecule has 0 aliphatic carbocycles. The van der Waals surface area contributed by atoms with E-state index in [4.69, 9.17) is 11.8 Å². The van der Waals surface area contributed by atoms with Crippen LogP contribution >= 0.6 is 11.8 Å². The third-order valence-electron chi connectivity index (χ3n) is 1.32. The van der Waals surface area contributed by atoms with Crippen molar-refractivity contribution in [3.05, 3.63) is 30.3 Å². The monoisotopic (exact) mass is 192 g/mol. The zero-order valence-electron chi connectivity index (χ0n) is 6.05. The molecule has 0 amide bonds. The molecule has 5 heteroatoms. The van der Waals surface area contributed by atoms with Gasteiger partial charge in [-0.15, -0.1) is 4.94 Å². The van der Waals surface area contributed by atoms with E-state index >= 15 is 0 Å². The van der Waals surface area contributed by atoms with Crippen molar-refractivity contribution in [1.82, 2.24) is 4.94 Å². The first kappa shape index (κ1) is 9.22. The summed E-state index contributed by atoms with van der Waals surface area (Å²) in [6.45, 7) is -2.66. The smallest absolute Gasteiger partial charge is 0.235 e. The van der Waals surface area contributed by atoms with Crippen molar-refractivity contribution in [1.29, 1.82) is 0 Å². The van der Waals surface area contributed by atoms with E-state index in [1.807, 2.05) is 4.94 Å². The summed E-state index contributed by atoms with van der Waals surface area (Å²) in [5, 5.41) is 0.557. The fourth-order valence-corrected chi connectivity index (χ4v) is 0.958. The number of para-hydroxylation sites is 1. The van der Waals surface area contributed by atoms with Gasteiger partial charge in [0.25, 0.3) is 0 Å². The number of hydrogen-bond donors (Lipinski definition) is 1. The molecule has 0 bridgehead atoms. The molecule has 0 aliphatic heterocycles. The van der Waals surface area contributed by atoms with E-state index in [9.17, 15) is 8.78 Å². The predicted molar refractivity (Wildman–Crippen MR) is 43.9 cm³/mol. The van der Waals surface area contributed by atoms with Gasteiger partial charge < -0.3 is 0 Å². The van der Waals surface area contributed by atoms with Crippen molar-refractivity contribution in [2.45, 2.75) is 6.55 Å². The maximum Gasteiger partial charge on any atom is 0.329 e. The molecule has 1 N–H and O–H groups in total. The molecule has 0 unspecified atom stereocenters. The second-order valence-corrected chi connectivity index (χ2v) is 2.24. The van der Waals surface area contributed by atoms with Gasteiger partial charge in [0.05, 0.1) is 5.69 Å². The van der Waals surface area contributed by atoms with E-state index in [-0.39, 0.29) is 0 Å². The molecule has 0 aromatic heterocycles. The Morgan fingerprint density at radius 3 is 2.25 bits per heavy atom. The molecule has 1 aromatic rings. The zero-order chi connectivity index (χ0) is 8.97. The van der Waals surface area contributed by atoms with Gasteiger partial charge in [-0.2, -0.15) is 8.78 Å². The molecule has 0 aliphatic rings. The Kier molecular flexibility index (Phi) is 3.25. The van der Waals surface area contributed by atoms with E-state index < -0.39 is 6.55 Å². The number of nitrogens with one attached hydrogen (secondary N) is 1. The van der Waals surface area contributed by atoms with Gasteiger partial charge in [-0.05, 0) is 23.9 Å². The Morgan fingerprint density at radius 2 is 1.83 bits per heavy atom. The zero-order valence-corrected chi connectivity index (χ0v) is 6.80. The van der Waals surface area contributed by atoms with Crippen molar-refractivity contribution < 1.29 is 8.78 Å². The Labute approximate surface area is 73.8 Å². The van der Waals surface area contributed by atoms with Crippen molar-refractivity contribution in [2.75, 3.05) is 5.01 Å². The van der Waals surface area contributed by atoms with Crippen LogP contribution in [0.25, 0.3) is 0 Å². The van der Waals surface area contributed by atoms with Gasteiger partial charge in [-0.3, -0.25) is 0 Å². The fourth-order valence-electron chi connectivity index (χ4n) is 0.787. The van der Waals surface area contributed by atoms with E-state index in [2.05, 4.69) is 0 Å². The lowest BCUT2D eigenvalue weighted by Gasteiger charge is -2.19. The summed E-state index contributed by atoms with van der Waals surface area (Å²) in [6, 6.07) is 8.10. The normalized spacial score (nSPS) is 10.3. The molecule has 0 atom stereocenters. The van der Waals surface area contributed by atoms with Crippen molar-refractivity contribution in [3.63, 3.8) is 0 Å². The Bertz CT molecular complexity index is 230. The van der Waals surface area contributed by atoms with Gasteiger partial charge in [0.2, 0.25) is 0 Å². The molecule has 1 rings (SSSR count). The second kappa shape index (κ2) is 4.23. The summed E-state index contributed by atoms with van der Waals surface area (Å²) < 4.78 is 24.3. The lowest BCUT2D eigenvalue weighted by Crippen LogP contribution is -2.36. The lowest BCUT2D eigenvalue weighted by molar-refractivity contribution is 0.137. The fraction of sp³-hybridized carbons (Fsp3) is 0.143.